The molecule has 1 heterocycles. The molecule has 2 N–H and O–H groups in total. The number of ether oxygens (including phenoxy) is 2. The molecule has 33 heavy (non-hydrogen) atoms. The molecule has 1 amide bonds. The third-order valence-corrected chi connectivity index (χ3v) is 5.97. The molecule has 0 radical (unpaired) electrons. The van der Waals surface area contributed by atoms with Crippen molar-refractivity contribution in [2.45, 2.75) is 39.2 Å². The number of carbonyl (C=O) groups excluding carboxylic acids is 2. The zero-order valence-corrected chi connectivity index (χ0v) is 19.0. The standard InChI is InChI=1S/C26H28N2O5/c1-16(2)14-33-25(30)26(13-22(26)24(29)28-31)19-7-6-8-20(12-19)32-15-18-11-17(3)27-23-10-5-4-9-21(18)23/h4-12,16,22,31H,13-15H2,1-3H3,(H,28,29)/t22-,26-/m0/s1. The monoisotopic (exact) mass is 448 g/mol. The molecular formula is C26H28N2O5. The summed E-state index contributed by atoms with van der Waals surface area (Å²) in [5.41, 5.74) is 4.01. The first-order valence-corrected chi connectivity index (χ1v) is 11.0. The number of rotatable bonds is 8. The van der Waals surface area contributed by atoms with E-state index in [0.29, 0.717) is 17.9 Å². The van der Waals surface area contributed by atoms with Gasteiger partial charge in [-0.1, -0.05) is 44.2 Å². The van der Waals surface area contributed by atoms with Crippen LogP contribution in [-0.4, -0.2) is 28.7 Å². The molecule has 1 fully saturated rings. The van der Waals surface area contributed by atoms with Crippen molar-refractivity contribution in [3.63, 3.8) is 0 Å². The predicted octanol–water partition coefficient (Wildman–Crippen LogP) is 4.08. The minimum absolute atomic E-state index is 0.170. The Morgan fingerprint density at radius 1 is 1.18 bits per heavy atom. The van der Waals surface area contributed by atoms with Crippen LogP contribution >= 0.6 is 0 Å². The van der Waals surface area contributed by atoms with E-state index in [1.54, 1.807) is 23.7 Å². The summed E-state index contributed by atoms with van der Waals surface area (Å²) in [6, 6.07) is 17.1. The van der Waals surface area contributed by atoms with Crippen LogP contribution in [0.15, 0.2) is 54.6 Å². The van der Waals surface area contributed by atoms with Gasteiger partial charge in [0.15, 0.2) is 0 Å². The lowest BCUT2D eigenvalue weighted by atomic mass is 9.92. The van der Waals surface area contributed by atoms with Gasteiger partial charge in [0.05, 0.1) is 18.0 Å². The summed E-state index contributed by atoms with van der Waals surface area (Å²) in [5, 5.41) is 10.1. The Hall–Kier alpha value is -3.45. The van der Waals surface area contributed by atoms with Crippen LogP contribution in [0.4, 0.5) is 0 Å². The topological polar surface area (TPSA) is 97.8 Å². The fourth-order valence-corrected chi connectivity index (χ4v) is 4.23. The largest absolute Gasteiger partial charge is 0.489 e. The SMILES string of the molecule is Cc1cc(COc2cccc([C@@]3(C(=O)OCC(C)C)C[C@H]3C(=O)NO)c2)c2ccccc2n1. The number of amides is 1. The Balaban J connectivity index is 1.59. The van der Waals surface area contributed by atoms with E-state index in [9.17, 15) is 9.59 Å². The molecular weight excluding hydrogens is 420 g/mol. The molecule has 1 aromatic heterocycles. The van der Waals surface area contributed by atoms with Gasteiger partial charge in [0.2, 0.25) is 5.91 Å². The van der Waals surface area contributed by atoms with E-state index >= 15 is 0 Å². The number of nitrogens with zero attached hydrogens (tertiary/aromatic N) is 1. The van der Waals surface area contributed by atoms with Crippen molar-refractivity contribution in [2.24, 2.45) is 11.8 Å². The molecule has 1 saturated carbocycles. The first kappa shape index (κ1) is 22.7. The van der Waals surface area contributed by atoms with E-state index in [4.69, 9.17) is 14.7 Å². The summed E-state index contributed by atoms with van der Waals surface area (Å²) in [5.74, 6) is -0.997. The highest BCUT2D eigenvalue weighted by Crippen LogP contribution is 2.55. The summed E-state index contributed by atoms with van der Waals surface area (Å²) in [6.07, 6.45) is 0.272. The van der Waals surface area contributed by atoms with Gasteiger partial charge in [-0.25, -0.2) is 5.48 Å². The molecule has 0 saturated heterocycles. The van der Waals surface area contributed by atoms with E-state index in [2.05, 4.69) is 4.98 Å². The molecule has 172 valence electrons. The Morgan fingerprint density at radius 2 is 1.97 bits per heavy atom. The van der Waals surface area contributed by atoms with Gasteiger partial charge in [-0.3, -0.25) is 19.8 Å². The van der Waals surface area contributed by atoms with E-state index in [1.165, 1.54) is 0 Å². The lowest BCUT2D eigenvalue weighted by Gasteiger charge is -2.19. The van der Waals surface area contributed by atoms with Crippen LogP contribution < -0.4 is 10.2 Å². The lowest BCUT2D eigenvalue weighted by Crippen LogP contribution is -2.32. The quantitative estimate of drug-likeness (QED) is 0.306. The Morgan fingerprint density at radius 3 is 2.73 bits per heavy atom. The molecule has 0 spiro atoms. The molecule has 2 aromatic carbocycles. The highest BCUT2D eigenvalue weighted by atomic mass is 16.5. The van der Waals surface area contributed by atoms with Crippen molar-refractivity contribution in [3.05, 3.63) is 71.4 Å². The summed E-state index contributed by atoms with van der Waals surface area (Å²) >= 11 is 0. The number of hydrogen-bond acceptors (Lipinski definition) is 6. The molecule has 4 rings (SSSR count). The van der Waals surface area contributed by atoms with Gasteiger partial charge in [0.25, 0.3) is 0 Å². The third kappa shape index (κ3) is 4.54. The van der Waals surface area contributed by atoms with Crippen molar-refractivity contribution in [3.8, 4) is 5.75 Å². The molecule has 0 aliphatic heterocycles. The van der Waals surface area contributed by atoms with Gasteiger partial charge in [0, 0.05) is 16.6 Å². The van der Waals surface area contributed by atoms with Crippen molar-refractivity contribution in [1.82, 2.24) is 10.5 Å². The van der Waals surface area contributed by atoms with Crippen LogP contribution in [0.3, 0.4) is 0 Å². The predicted molar refractivity (Wildman–Crippen MR) is 123 cm³/mol. The number of esters is 1. The van der Waals surface area contributed by atoms with Crippen LogP contribution in [-0.2, 0) is 26.3 Å². The van der Waals surface area contributed by atoms with E-state index in [-0.39, 0.29) is 18.9 Å². The fraction of sp³-hybridized carbons (Fsp3) is 0.346. The fourth-order valence-electron chi connectivity index (χ4n) is 4.23. The van der Waals surface area contributed by atoms with Gasteiger partial charge >= 0.3 is 5.97 Å². The Labute approximate surface area is 192 Å². The molecule has 7 heteroatoms. The van der Waals surface area contributed by atoms with E-state index in [1.807, 2.05) is 57.2 Å². The number of aryl methyl sites for hydroxylation is 1. The van der Waals surface area contributed by atoms with Gasteiger partial charge in [-0.2, -0.15) is 0 Å². The number of hydrogen-bond donors (Lipinski definition) is 2. The zero-order chi connectivity index (χ0) is 23.6. The summed E-state index contributed by atoms with van der Waals surface area (Å²) in [6.45, 7) is 6.44. The number of carbonyl (C=O) groups is 2. The second-order valence-corrected chi connectivity index (χ2v) is 8.95. The highest BCUT2D eigenvalue weighted by molar-refractivity contribution is 5.98. The van der Waals surface area contributed by atoms with Gasteiger partial charge in [-0.05, 0) is 49.1 Å². The van der Waals surface area contributed by atoms with Crippen LogP contribution in [0.1, 0.15) is 37.1 Å². The number of fused-ring (bicyclic) bond motifs is 1. The van der Waals surface area contributed by atoms with Gasteiger partial charge in [-0.15, -0.1) is 0 Å². The van der Waals surface area contributed by atoms with Crippen molar-refractivity contribution in [2.75, 3.05) is 6.61 Å². The van der Waals surface area contributed by atoms with E-state index in [0.717, 1.165) is 22.2 Å². The smallest absolute Gasteiger partial charge is 0.317 e. The maximum absolute atomic E-state index is 13.0. The van der Waals surface area contributed by atoms with Crippen LogP contribution in [0.2, 0.25) is 0 Å². The third-order valence-electron chi connectivity index (χ3n) is 5.97. The lowest BCUT2D eigenvalue weighted by molar-refractivity contribution is -0.150. The molecule has 1 aliphatic rings. The average molecular weight is 449 g/mol. The Kier molecular flexibility index (Phi) is 6.33. The van der Waals surface area contributed by atoms with Crippen molar-refractivity contribution in [1.29, 1.82) is 0 Å². The number of pyridine rings is 1. The van der Waals surface area contributed by atoms with E-state index < -0.39 is 23.2 Å². The molecule has 2 atom stereocenters. The first-order chi connectivity index (χ1) is 15.8. The number of benzene rings is 2. The average Bonchev–Trinajstić information content (AvgIpc) is 3.57. The summed E-state index contributed by atoms with van der Waals surface area (Å²) in [4.78, 5) is 29.7. The molecule has 3 aromatic rings. The molecule has 0 unspecified atom stereocenters. The second-order valence-electron chi connectivity index (χ2n) is 8.95. The van der Waals surface area contributed by atoms with Crippen LogP contribution in [0.5, 0.6) is 5.75 Å². The van der Waals surface area contributed by atoms with Crippen molar-refractivity contribution < 1.29 is 24.3 Å². The zero-order valence-electron chi connectivity index (χ0n) is 19.0. The van der Waals surface area contributed by atoms with Crippen LogP contribution in [0.25, 0.3) is 10.9 Å². The minimum Gasteiger partial charge on any atom is -0.489 e. The van der Waals surface area contributed by atoms with Gasteiger partial charge in [0.1, 0.15) is 17.8 Å². The first-order valence-electron chi connectivity index (χ1n) is 11.0. The Bertz CT molecular complexity index is 1190. The number of para-hydroxylation sites is 1. The number of hydroxylamine groups is 1. The normalized spacial score (nSPS) is 19.4. The van der Waals surface area contributed by atoms with Crippen molar-refractivity contribution >= 4 is 22.8 Å². The maximum atomic E-state index is 13.0. The van der Waals surface area contributed by atoms with Gasteiger partial charge < -0.3 is 9.47 Å². The number of aromatic nitrogens is 1. The number of nitrogens with one attached hydrogen (secondary N) is 1. The summed E-state index contributed by atoms with van der Waals surface area (Å²) < 4.78 is 11.6. The maximum Gasteiger partial charge on any atom is 0.317 e. The molecule has 7 nitrogen and oxygen atoms in total. The summed E-state index contributed by atoms with van der Waals surface area (Å²) in [7, 11) is 0. The second kappa shape index (κ2) is 9.19. The molecule has 0 bridgehead atoms. The molecule has 1 aliphatic carbocycles. The highest BCUT2D eigenvalue weighted by Gasteiger charge is 2.66. The van der Waals surface area contributed by atoms with Crippen LogP contribution in [0, 0.1) is 18.8 Å². The minimum atomic E-state index is -1.12.